The maximum absolute atomic E-state index is 11.2. The summed E-state index contributed by atoms with van der Waals surface area (Å²) >= 11 is 0. The number of hydrogen-bond acceptors (Lipinski definition) is 3. The standard InChI is InChI=1S/C10H18N2O2/c1-10(4-7-12-9(13)14-10)8-2-5-11-6-3-8/h8,11H,2-7H2,1H3,(H,12,13). The predicted octanol–water partition coefficient (Wildman–Crippen LogP) is 0.875. The monoisotopic (exact) mass is 198 g/mol. The summed E-state index contributed by atoms with van der Waals surface area (Å²) in [5.41, 5.74) is -0.232. The first-order chi connectivity index (χ1) is 6.71. The van der Waals surface area contributed by atoms with Crippen LogP contribution in [0.25, 0.3) is 0 Å². The topological polar surface area (TPSA) is 50.4 Å². The van der Waals surface area contributed by atoms with Gasteiger partial charge in [-0.15, -0.1) is 0 Å². The fraction of sp³-hybridized carbons (Fsp3) is 0.900. The fourth-order valence-corrected chi connectivity index (χ4v) is 2.43. The van der Waals surface area contributed by atoms with Crippen molar-refractivity contribution < 1.29 is 9.53 Å². The minimum atomic E-state index is -0.253. The number of piperidine rings is 1. The normalized spacial score (nSPS) is 34.8. The molecule has 2 saturated heterocycles. The minimum Gasteiger partial charge on any atom is -0.443 e. The minimum absolute atomic E-state index is 0.232. The number of cyclic esters (lactones) is 1. The second kappa shape index (κ2) is 3.77. The molecule has 0 radical (unpaired) electrons. The molecule has 0 aromatic rings. The van der Waals surface area contributed by atoms with E-state index >= 15 is 0 Å². The van der Waals surface area contributed by atoms with Crippen LogP contribution < -0.4 is 10.6 Å². The van der Waals surface area contributed by atoms with Crippen LogP contribution in [-0.2, 0) is 4.74 Å². The largest absolute Gasteiger partial charge is 0.443 e. The van der Waals surface area contributed by atoms with E-state index in [1.54, 1.807) is 0 Å². The van der Waals surface area contributed by atoms with Gasteiger partial charge in [-0.05, 0) is 32.9 Å². The Morgan fingerprint density at radius 3 is 2.71 bits per heavy atom. The van der Waals surface area contributed by atoms with Gasteiger partial charge in [-0.25, -0.2) is 4.79 Å². The Balaban J connectivity index is 2.01. The number of carbonyl (C=O) groups is 1. The van der Waals surface area contributed by atoms with Crippen LogP contribution in [0.1, 0.15) is 26.2 Å². The van der Waals surface area contributed by atoms with E-state index in [1.807, 2.05) is 0 Å². The molecule has 0 bridgehead atoms. The molecule has 2 aliphatic heterocycles. The molecule has 2 heterocycles. The molecule has 0 aliphatic carbocycles. The van der Waals surface area contributed by atoms with Crippen LogP contribution in [0.15, 0.2) is 0 Å². The highest BCUT2D eigenvalue weighted by Crippen LogP contribution is 2.33. The van der Waals surface area contributed by atoms with E-state index in [4.69, 9.17) is 4.74 Å². The van der Waals surface area contributed by atoms with Crippen LogP contribution in [0.4, 0.5) is 4.79 Å². The summed E-state index contributed by atoms with van der Waals surface area (Å²) in [6.07, 6.45) is 2.91. The molecule has 0 aromatic carbocycles. The van der Waals surface area contributed by atoms with Crippen molar-refractivity contribution in [3.8, 4) is 0 Å². The molecular weight excluding hydrogens is 180 g/mol. The Hall–Kier alpha value is -0.770. The number of rotatable bonds is 1. The van der Waals surface area contributed by atoms with E-state index in [0.29, 0.717) is 5.92 Å². The third-order valence-corrected chi connectivity index (χ3v) is 3.42. The van der Waals surface area contributed by atoms with Crippen LogP contribution >= 0.6 is 0 Å². The number of nitrogens with one attached hydrogen (secondary N) is 2. The molecule has 1 amide bonds. The Bertz CT molecular complexity index is 226. The van der Waals surface area contributed by atoms with Crippen LogP contribution in [-0.4, -0.2) is 31.3 Å². The Morgan fingerprint density at radius 2 is 2.07 bits per heavy atom. The Labute approximate surface area is 84.4 Å². The van der Waals surface area contributed by atoms with Gasteiger partial charge in [0, 0.05) is 18.9 Å². The zero-order valence-corrected chi connectivity index (χ0v) is 8.64. The van der Waals surface area contributed by atoms with Crippen molar-refractivity contribution in [1.82, 2.24) is 10.6 Å². The predicted molar refractivity (Wildman–Crippen MR) is 53.1 cm³/mol. The van der Waals surface area contributed by atoms with Gasteiger partial charge in [0.1, 0.15) is 5.60 Å². The summed E-state index contributed by atoms with van der Waals surface area (Å²) in [5, 5.41) is 6.03. The van der Waals surface area contributed by atoms with E-state index < -0.39 is 0 Å². The summed E-state index contributed by atoms with van der Waals surface area (Å²) in [6, 6.07) is 0. The smallest absolute Gasteiger partial charge is 0.407 e. The molecular formula is C10H18N2O2. The molecule has 1 atom stereocenters. The quantitative estimate of drug-likeness (QED) is 0.657. The van der Waals surface area contributed by atoms with Crippen molar-refractivity contribution in [2.75, 3.05) is 19.6 Å². The van der Waals surface area contributed by atoms with Crippen LogP contribution in [0.3, 0.4) is 0 Å². The SMILES string of the molecule is CC1(C2CCNCC2)CCNC(=O)O1. The molecule has 4 heteroatoms. The first-order valence-electron chi connectivity index (χ1n) is 5.38. The first kappa shape index (κ1) is 9.77. The van der Waals surface area contributed by atoms with E-state index in [1.165, 1.54) is 0 Å². The number of hydrogen-bond donors (Lipinski definition) is 2. The summed E-state index contributed by atoms with van der Waals surface area (Å²) in [5.74, 6) is 0.523. The third-order valence-electron chi connectivity index (χ3n) is 3.42. The molecule has 2 N–H and O–H groups in total. The summed E-state index contributed by atoms with van der Waals surface area (Å²) in [6.45, 7) is 4.91. The molecule has 2 rings (SSSR count). The molecule has 0 spiro atoms. The zero-order valence-electron chi connectivity index (χ0n) is 8.64. The Morgan fingerprint density at radius 1 is 1.36 bits per heavy atom. The van der Waals surface area contributed by atoms with Crippen molar-refractivity contribution in [3.05, 3.63) is 0 Å². The van der Waals surface area contributed by atoms with Gasteiger partial charge in [0.25, 0.3) is 0 Å². The number of carbonyl (C=O) groups excluding carboxylic acids is 1. The van der Waals surface area contributed by atoms with Crippen molar-refractivity contribution in [1.29, 1.82) is 0 Å². The van der Waals surface area contributed by atoms with Gasteiger partial charge in [-0.1, -0.05) is 0 Å². The maximum atomic E-state index is 11.2. The van der Waals surface area contributed by atoms with Gasteiger partial charge in [-0.3, -0.25) is 0 Å². The van der Waals surface area contributed by atoms with E-state index in [9.17, 15) is 4.79 Å². The van der Waals surface area contributed by atoms with Gasteiger partial charge < -0.3 is 15.4 Å². The maximum Gasteiger partial charge on any atom is 0.407 e. The lowest BCUT2D eigenvalue weighted by Crippen LogP contribution is -2.52. The lowest BCUT2D eigenvalue weighted by Gasteiger charge is -2.41. The average molecular weight is 198 g/mol. The van der Waals surface area contributed by atoms with Crippen molar-refractivity contribution in [2.24, 2.45) is 5.92 Å². The Kier molecular flexibility index (Phi) is 2.63. The molecule has 14 heavy (non-hydrogen) atoms. The lowest BCUT2D eigenvalue weighted by atomic mass is 9.79. The highest BCUT2D eigenvalue weighted by atomic mass is 16.6. The molecule has 0 saturated carbocycles. The van der Waals surface area contributed by atoms with Crippen molar-refractivity contribution in [2.45, 2.75) is 31.8 Å². The number of ether oxygens (including phenoxy) is 1. The molecule has 80 valence electrons. The van der Waals surface area contributed by atoms with E-state index in [0.717, 1.165) is 38.9 Å². The zero-order chi connectivity index (χ0) is 10.0. The van der Waals surface area contributed by atoms with E-state index in [2.05, 4.69) is 17.6 Å². The highest BCUT2D eigenvalue weighted by molar-refractivity contribution is 5.68. The summed E-state index contributed by atoms with van der Waals surface area (Å²) < 4.78 is 5.44. The van der Waals surface area contributed by atoms with Gasteiger partial charge >= 0.3 is 6.09 Å². The van der Waals surface area contributed by atoms with E-state index in [-0.39, 0.29) is 11.7 Å². The molecule has 2 fully saturated rings. The summed E-state index contributed by atoms with van der Waals surface area (Å²) in [7, 11) is 0. The van der Waals surface area contributed by atoms with Gasteiger partial charge in [-0.2, -0.15) is 0 Å². The van der Waals surface area contributed by atoms with Crippen LogP contribution in [0.2, 0.25) is 0 Å². The number of amides is 1. The average Bonchev–Trinajstić information content (AvgIpc) is 2.19. The number of alkyl carbamates (subject to hydrolysis) is 1. The molecule has 1 unspecified atom stereocenters. The second-order valence-corrected chi connectivity index (χ2v) is 4.40. The summed E-state index contributed by atoms with van der Waals surface area (Å²) in [4.78, 5) is 11.2. The van der Waals surface area contributed by atoms with Gasteiger partial charge in [0.2, 0.25) is 0 Å². The molecule has 0 aromatic heterocycles. The van der Waals surface area contributed by atoms with Crippen LogP contribution in [0, 0.1) is 5.92 Å². The fourth-order valence-electron chi connectivity index (χ4n) is 2.43. The van der Waals surface area contributed by atoms with Gasteiger partial charge in [0.15, 0.2) is 0 Å². The second-order valence-electron chi connectivity index (χ2n) is 4.40. The first-order valence-corrected chi connectivity index (χ1v) is 5.38. The lowest BCUT2D eigenvalue weighted by molar-refractivity contribution is -0.0505. The van der Waals surface area contributed by atoms with Crippen LogP contribution in [0.5, 0.6) is 0 Å². The van der Waals surface area contributed by atoms with Gasteiger partial charge in [0.05, 0.1) is 0 Å². The molecule has 4 nitrogen and oxygen atoms in total. The van der Waals surface area contributed by atoms with Crippen molar-refractivity contribution >= 4 is 6.09 Å². The highest BCUT2D eigenvalue weighted by Gasteiger charge is 2.40. The van der Waals surface area contributed by atoms with Crippen molar-refractivity contribution in [3.63, 3.8) is 0 Å². The molecule has 2 aliphatic rings. The third kappa shape index (κ3) is 1.85.